The largest absolute Gasteiger partial charge is 0.462 e. The Morgan fingerprint density at radius 1 is 0.481 bits per heavy atom. The fraction of sp³-hybridized carbons (Fsp3) is 0.250. The minimum atomic E-state index is -1.59. The molecule has 0 heterocycles. The van der Waals surface area contributed by atoms with Gasteiger partial charge in [0.15, 0.2) is 0 Å². The Morgan fingerprint density at radius 3 is 1.35 bits per heavy atom. The van der Waals surface area contributed by atoms with Gasteiger partial charge in [-0.3, -0.25) is 24.0 Å². The molecule has 0 aliphatic heterocycles. The van der Waals surface area contributed by atoms with E-state index in [1.807, 2.05) is 0 Å². The van der Waals surface area contributed by atoms with E-state index in [2.05, 4.69) is 19.7 Å². The SMILES string of the molecule is C=CCOCCOC(=O)C1(C)C/C=C(OC(=O)c2ccc(-c3ccc(OC(=O)CCC(=O)OCCOC(=O)C=C)cc3)cc2)\C=C/C/C=C\1OC(=O)c1ccc(-c2ccc(OC(=O)CCC(=O)OCCOC(=O)C=C)cc2)cc1. The predicted molar refractivity (Wildman–Crippen MR) is 283 cm³/mol. The second-order valence-corrected chi connectivity index (χ2v) is 17.0. The van der Waals surface area contributed by atoms with Crippen LogP contribution in [0.1, 0.15) is 66.2 Å². The Morgan fingerprint density at radius 2 is 0.899 bits per heavy atom. The molecule has 79 heavy (non-hydrogen) atoms. The van der Waals surface area contributed by atoms with Crippen LogP contribution < -0.4 is 9.47 Å². The van der Waals surface area contributed by atoms with E-state index < -0.39 is 59.1 Å². The molecule has 0 aromatic heterocycles. The zero-order valence-electron chi connectivity index (χ0n) is 43.3. The van der Waals surface area contributed by atoms with Gasteiger partial charge in [0.05, 0.1) is 50.0 Å². The summed E-state index contributed by atoms with van der Waals surface area (Å²) in [6, 6.07) is 26.2. The van der Waals surface area contributed by atoms with Gasteiger partial charge in [-0.1, -0.05) is 73.8 Å². The van der Waals surface area contributed by atoms with Gasteiger partial charge in [0.2, 0.25) is 0 Å². The molecule has 0 saturated heterocycles. The molecule has 0 amide bonds. The predicted octanol–water partition coefficient (Wildman–Crippen LogP) is 8.82. The van der Waals surface area contributed by atoms with Gasteiger partial charge in [-0.2, -0.15) is 0 Å². The van der Waals surface area contributed by atoms with Crippen LogP contribution in [0.25, 0.3) is 22.3 Å². The van der Waals surface area contributed by atoms with E-state index in [0.717, 1.165) is 28.8 Å². The molecule has 0 bridgehead atoms. The number of hydrogen-bond donors (Lipinski definition) is 0. The summed E-state index contributed by atoms with van der Waals surface area (Å²) in [6.45, 7) is 11.3. The van der Waals surface area contributed by atoms with Crippen LogP contribution in [0.2, 0.25) is 0 Å². The van der Waals surface area contributed by atoms with Crippen LogP contribution in [-0.4, -0.2) is 100.0 Å². The second-order valence-electron chi connectivity index (χ2n) is 17.0. The van der Waals surface area contributed by atoms with Gasteiger partial charge in [0, 0.05) is 12.2 Å². The molecule has 1 unspecified atom stereocenters. The fourth-order valence-corrected chi connectivity index (χ4v) is 6.98. The fourth-order valence-electron chi connectivity index (χ4n) is 6.98. The molecule has 4 aromatic rings. The third kappa shape index (κ3) is 20.2. The molecule has 0 radical (unpaired) electrons. The van der Waals surface area contributed by atoms with Gasteiger partial charge in [-0.25, -0.2) is 19.2 Å². The van der Waals surface area contributed by atoms with E-state index in [4.69, 9.17) is 47.4 Å². The summed E-state index contributed by atoms with van der Waals surface area (Å²) in [6.07, 6.45) is 8.98. The first kappa shape index (κ1) is 60.4. The average molecular weight is 1080 g/mol. The minimum absolute atomic E-state index is 0.00275. The average Bonchev–Trinajstić information content (AvgIpc) is 3.53. The van der Waals surface area contributed by atoms with Crippen LogP contribution in [0.15, 0.2) is 171 Å². The first-order valence-corrected chi connectivity index (χ1v) is 24.7. The van der Waals surface area contributed by atoms with Crippen molar-refractivity contribution < 1.29 is 90.5 Å². The number of allylic oxidation sites excluding steroid dienone is 4. The van der Waals surface area contributed by atoms with E-state index >= 15 is 0 Å². The van der Waals surface area contributed by atoms with E-state index in [9.17, 15) is 43.2 Å². The van der Waals surface area contributed by atoms with Crippen molar-refractivity contribution in [3.05, 3.63) is 182 Å². The van der Waals surface area contributed by atoms with Gasteiger partial charge >= 0.3 is 53.7 Å². The lowest BCUT2D eigenvalue weighted by Gasteiger charge is -2.28. The normalized spacial score (nSPS) is 15.4. The van der Waals surface area contributed by atoms with E-state index in [0.29, 0.717) is 5.56 Å². The van der Waals surface area contributed by atoms with Crippen molar-refractivity contribution in [2.75, 3.05) is 46.2 Å². The molecule has 1 atom stereocenters. The first-order valence-electron chi connectivity index (χ1n) is 24.7. The highest BCUT2D eigenvalue weighted by molar-refractivity contribution is 5.93. The van der Waals surface area contributed by atoms with Crippen molar-refractivity contribution in [2.24, 2.45) is 5.41 Å². The third-order valence-electron chi connectivity index (χ3n) is 11.2. The Kier molecular flexibility index (Phi) is 24.1. The molecule has 4 aromatic carbocycles. The summed E-state index contributed by atoms with van der Waals surface area (Å²) < 4.78 is 52.8. The zero-order chi connectivity index (χ0) is 57.0. The van der Waals surface area contributed by atoms with Gasteiger partial charge in [0.1, 0.15) is 61.5 Å². The highest BCUT2D eigenvalue weighted by atomic mass is 16.6. The van der Waals surface area contributed by atoms with Crippen LogP contribution >= 0.6 is 0 Å². The standard InChI is InChI=1S/C60H58O19/c1-5-34-70-35-36-75-59(69)60(4)33-32-47(78-57(67)45-16-12-41(13-17-45)43-20-24-48(25-21-43)76-55(65)30-28-53(63)73-39-37-71-51(61)6-2)10-8-9-11-50(60)79-58(68)46-18-14-42(15-19-46)44-22-26-49(27-23-44)77-56(66)31-29-54(64)74-40-38-72-52(62)7-3/h5-8,10-27,32H,1-3,9,28-31,33-40H2,4H3/b10-8-,47-32+,50-11+. The third-order valence-corrected chi connectivity index (χ3v) is 11.2. The van der Waals surface area contributed by atoms with Crippen LogP contribution in [-0.2, 0) is 71.5 Å². The summed E-state index contributed by atoms with van der Waals surface area (Å²) in [7, 11) is 0. The van der Waals surface area contributed by atoms with Crippen LogP contribution in [0.4, 0.5) is 0 Å². The molecule has 0 saturated carbocycles. The number of carbonyl (C=O) groups excluding carboxylic acids is 9. The van der Waals surface area contributed by atoms with Crippen LogP contribution in [0.5, 0.6) is 11.5 Å². The van der Waals surface area contributed by atoms with Crippen molar-refractivity contribution in [1.29, 1.82) is 0 Å². The topological polar surface area (TPSA) is 246 Å². The van der Waals surface area contributed by atoms with Gasteiger partial charge in [-0.15, -0.1) is 6.58 Å². The van der Waals surface area contributed by atoms with E-state index in [-0.39, 0.29) is 119 Å². The summed E-state index contributed by atoms with van der Waals surface area (Å²) in [5, 5.41) is 0. The molecule has 412 valence electrons. The lowest BCUT2D eigenvalue weighted by molar-refractivity contribution is -0.155. The Balaban J connectivity index is 1.17. The lowest BCUT2D eigenvalue weighted by Crippen LogP contribution is -2.34. The number of hydrogen-bond acceptors (Lipinski definition) is 19. The van der Waals surface area contributed by atoms with Gasteiger partial charge in [-0.05, 0) is 109 Å². The van der Waals surface area contributed by atoms with Gasteiger partial charge < -0.3 is 47.4 Å². The van der Waals surface area contributed by atoms with E-state index in [1.165, 1.54) is 6.08 Å². The molecular formula is C60H58O19. The lowest BCUT2D eigenvalue weighted by atomic mass is 9.83. The summed E-state index contributed by atoms with van der Waals surface area (Å²) in [4.78, 5) is 112. The Labute approximate surface area is 455 Å². The molecule has 19 heteroatoms. The Bertz CT molecular complexity index is 2930. The summed E-state index contributed by atoms with van der Waals surface area (Å²) >= 11 is 0. The molecule has 1 aliphatic carbocycles. The molecule has 19 nitrogen and oxygen atoms in total. The smallest absolute Gasteiger partial charge is 0.343 e. The summed E-state index contributed by atoms with van der Waals surface area (Å²) in [5.41, 5.74) is 1.72. The van der Waals surface area contributed by atoms with Crippen LogP contribution in [0, 0.1) is 5.41 Å². The molecule has 0 spiro atoms. The molecular weight excluding hydrogens is 1020 g/mol. The number of benzene rings is 4. The number of ether oxygens (including phenoxy) is 10. The monoisotopic (exact) mass is 1080 g/mol. The highest BCUT2D eigenvalue weighted by Gasteiger charge is 2.41. The van der Waals surface area contributed by atoms with Crippen molar-refractivity contribution in [3.8, 4) is 33.8 Å². The first-order chi connectivity index (χ1) is 38.1. The maximum Gasteiger partial charge on any atom is 0.343 e. The maximum absolute atomic E-state index is 13.9. The van der Waals surface area contributed by atoms with Gasteiger partial charge in [0.25, 0.3) is 0 Å². The zero-order valence-corrected chi connectivity index (χ0v) is 43.3. The molecule has 1 aliphatic rings. The maximum atomic E-state index is 13.9. The highest BCUT2D eigenvalue weighted by Crippen LogP contribution is 2.37. The molecule has 0 N–H and O–H groups in total. The second kappa shape index (κ2) is 31.5. The van der Waals surface area contributed by atoms with Crippen LogP contribution in [0.3, 0.4) is 0 Å². The minimum Gasteiger partial charge on any atom is -0.462 e. The van der Waals surface area contributed by atoms with Crippen molar-refractivity contribution in [2.45, 2.75) is 45.4 Å². The number of esters is 9. The quantitative estimate of drug-likeness (QED) is 0.0129. The van der Waals surface area contributed by atoms with Crippen molar-refractivity contribution in [1.82, 2.24) is 0 Å². The number of carbonyl (C=O) groups is 9. The summed E-state index contributed by atoms with van der Waals surface area (Å²) in [5.74, 6) is -5.49. The Hall–Kier alpha value is -9.49. The van der Waals surface area contributed by atoms with E-state index in [1.54, 1.807) is 128 Å². The van der Waals surface area contributed by atoms with Crippen molar-refractivity contribution in [3.63, 3.8) is 0 Å². The number of rotatable bonds is 28. The molecule has 5 rings (SSSR count). The van der Waals surface area contributed by atoms with Crippen molar-refractivity contribution >= 4 is 53.7 Å². The molecule has 0 fully saturated rings.